The van der Waals surface area contributed by atoms with Crippen molar-refractivity contribution in [3.63, 3.8) is 0 Å². The lowest BCUT2D eigenvalue weighted by Gasteiger charge is -2.59. The number of fused-ring (bicyclic) bond motifs is 4. The van der Waals surface area contributed by atoms with E-state index in [1.807, 2.05) is 32.3 Å². The highest BCUT2D eigenvalue weighted by atomic mass is 32.3. The zero-order valence-corrected chi connectivity index (χ0v) is 33.2. The number of allylic oxidation sites excluding steroid dienone is 2. The molecule has 4 aliphatic rings. The molecule has 0 amide bonds. The average Bonchev–Trinajstić information content (AvgIpc) is 3.65. The van der Waals surface area contributed by atoms with Gasteiger partial charge in [0.2, 0.25) is 0 Å². The molecule has 1 heterocycles. The van der Waals surface area contributed by atoms with Crippen LogP contribution in [-0.2, 0) is 43.7 Å². The highest BCUT2D eigenvalue weighted by Gasteiger charge is 2.61. The summed E-state index contributed by atoms with van der Waals surface area (Å²) in [6.45, 7) is 12.7. The van der Waals surface area contributed by atoms with Gasteiger partial charge in [0.05, 0.1) is 30.4 Å². The Kier molecular flexibility index (Phi) is 11.1. The minimum Gasteiger partial charge on any atom is -0.508 e. The van der Waals surface area contributed by atoms with Crippen molar-refractivity contribution >= 4 is 31.2 Å². The van der Waals surface area contributed by atoms with E-state index in [1.165, 1.54) is 5.57 Å². The molecule has 10 atom stereocenters. The minimum absolute atomic E-state index is 0.0204. The fraction of sp³-hybridized carbons (Fsp3) is 0.639. The molecule has 54 heavy (non-hydrogen) atoms. The summed E-state index contributed by atoms with van der Waals surface area (Å²) in [6, 6.07) is 6.97. The summed E-state index contributed by atoms with van der Waals surface area (Å²) in [6.07, 6.45) is 3.78. The van der Waals surface area contributed by atoms with Gasteiger partial charge in [-0.2, -0.15) is 25.3 Å². The second kappa shape index (κ2) is 14.7. The average molecular weight is 815 g/mol. The lowest BCUT2D eigenvalue weighted by atomic mass is 9.47. The number of aromatic hydroxyl groups is 1. The molecule has 1 aromatic heterocycles. The standard InChI is InChI=1S/C36H50N2O13S3/c1-21(2)30(38-20-37-19-31(38)23-7-9-24(39)10-8-23)13-6-22(3)26-11-12-27-25-16-32(49-52(40,41)42)29-17-33(50-53(43,44)45)34(51-54(46,47)48)18-36(29,5)28(25)14-15-35(26,27)4/h7-10,19-20,22,26,28-30,32-34,39H,1,6,11-18H2,2-5H3,(H,40,41,42)(H,43,44,45)(H,46,47,48). The predicted molar refractivity (Wildman–Crippen MR) is 197 cm³/mol. The Hall–Kier alpha value is -2.68. The molecule has 4 N–H and O–H groups in total. The Labute approximate surface area is 317 Å². The summed E-state index contributed by atoms with van der Waals surface area (Å²) < 4.78 is 118. The van der Waals surface area contributed by atoms with Gasteiger partial charge in [0, 0.05) is 5.56 Å². The van der Waals surface area contributed by atoms with E-state index in [9.17, 15) is 44.0 Å². The van der Waals surface area contributed by atoms with Gasteiger partial charge >= 0.3 is 31.2 Å². The lowest BCUT2D eigenvalue weighted by Crippen LogP contribution is -2.58. The Bertz CT molecular complexity index is 2120. The maximum Gasteiger partial charge on any atom is 0.397 e. The molecule has 0 saturated heterocycles. The van der Waals surface area contributed by atoms with Crippen LogP contribution in [0.3, 0.4) is 0 Å². The normalized spacial score (nSPS) is 32.7. The Morgan fingerprint density at radius 2 is 1.56 bits per heavy atom. The van der Waals surface area contributed by atoms with Crippen LogP contribution in [0.5, 0.6) is 5.75 Å². The molecule has 2 aromatic rings. The molecule has 10 unspecified atom stereocenters. The largest absolute Gasteiger partial charge is 0.508 e. The molecule has 0 aliphatic heterocycles. The maximum absolute atomic E-state index is 12.2. The summed E-state index contributed by atoms with van der Waals surface area (Å²) in [7, 11) is -15.2. The number of hydrogen-bond donors (Lipinski definition) is 4. The fourth-order valence-electron chi connectivity index (χ4n) is 10.9. The number of nitrogens with zero attached hydrogens (tertiary/aromatic N) is 2. The van der Waals surface area contributed by atoms with Crippen molar-refractivity contribution in [3.05, 3.63) is 60.1 Å². The summed E-state index contributed by atoms with van der Waals surface area (Å²) in [4.78, 5) is 4.43. The van der Waals surface area contributed by atoms with Crippen molar-refractivity contribution in [1.82, 2.24) is 9.55 Å². The van der Waals surface area contributed by atoms with Gasteiger partial charge in [-0.25, -0.2) is 17.5 Å². The highest BCUT2D eigenvalue weighted by molar-refractivity contribution is 7.81. The molecule has 0 spiro atoms. The maximum atomic E-state index is 12.2. The summed E-state index contributed by atoms with van der Waals surface area (Å²) in [5.41, 5.74) is 3.84. The van der Waals surface area contributed by atoms with Gasteiger partial charge in [0.15, 0.2) is 0 Å². The summed E-state index contributed by atoms with van der Waals surface area (Å²) in [5.74, 6) is -0.222. The van der Waals surface area contributed by atoms with Gasteiger partial charge in [-0.1, -0.05) is 44.1 Å². The third kappa shape index (κ3) is 8.37. The molecule has 18 heteroatoms. The lowest BCUT2D eigenvalue weighted by molar-refractivity contribution is -0.124. The van der Waals surface area contributed by atoms with E-state index < -0.39 is 60.8 Å². The van der Waals surface area contributed by atoms with E-state index in [1.54, 1.807) is 18.3 Å². The van der Waals surface area contributed by atoms with Crippen molar-refractivity contribution < 1.29 is 56.6 Å². The molecule has 0 bridgehead atoms. The monoisotopic (exact) mass is 814 g/mol. The zero-order valence-electron chi connectivity index (χ0n) is 30.7. The van der Waals surface area contributed by atoms with Crippen molar-refractivity contribution in [2.45, 2.75) is 110 Å². The number of benzene rings is 1. The molecule has 6 rings (SSSR count). The number of rotatable bonds is 13. The van der Waals surface area contributed by atoms with E-state index in [0.29, 0.717) is 6.42 Å². The SMILES string of the molecule is C=C(C)C(CCC(C)C1CCC2=C3CC(OS(=O)(=O)O)C4CC(OS(=O)(=O)O)C(OS(=O)(=O)O)CC4(C)C3CCC21C)n1cncc1-c1ccc(O)cc1. The zero-order chi connectivity index (χ0) is 39.6. The molecular formula is C36H50N2O13S3. The van der Waals surface area contributed by atoms with E-state index in [-0.39, 0.29) is 54.2 Å². The smallest absolute Gasteiger partial charge is 0.397 e. The number of aromatic nitrogens is 2. The topological polar surface area (TPSA) is 229 Å². The molecule has 4 aliphatic carbocycles. The van der Waals surface area contributed by atoms with Gasteiger partial charge < -0.3 is 9.67 Å². The number of imidazole rings is 1. The molecule has 300 valence electrons. The first-order chi connectivity index (χ1) is 25.0. The quantitative estimate of drug-likeness (QED) is 0.129. The Morgan fingerprint density at radius 3 is 2.17 bits per heavy atom. The van der Waals surface area contributed by atoms with Gasteiger partial charge in [-0.3, -0.25) is 13.7 Å². The van der Waals surface area contributed by atoms with Crippen molar-refractivity contribution in [2.75, 3.05) is 0 Å². The first-order valence-electron chi connectivity index (χ1n) is 18.1. The third-order valence-electron chi connectivity index (χ3n) is 13.1. The molecule has 1 aromatic carbocycles. The van der Waals surface area contributed by atoms with Crippen molar-refractivity contribution in [2.24, 2.45) is 34.5 Å². The number of phenolic OH excluding ortho intramolecular Hbond substituents is 1. The predicted octanol–water partition coefficient (Wildman–Crippen LogP) is 6.30. The highest BCUT2D eigenvalue weighted by Crippen LogP contribution is 2.66. The van der Waals surface area contributed by atoms with E-state index >= 15 is 0 Å². The first-order valence-corrected chi connectivity index (χ1v) is 22.2. The van der Waals surface area contributed by atoms with Crippen LogP contribution in [-0.4, -0.2) is 71.9 Å². The molecule has 0 radical (unpaired) electrons. The third-order valence-corrected chi connectivity index (χ3v) is 14.6. The second-order valence-electron chi connectivity index (χ2n) is 16.3. The molecular weight excluding hydrogens is 765 g/mol. The Morgan fingerprint density at radius 1 is 0.944 bits per heavy atom. The molecule has 3 fully saturated rings. The van der Waals surface area contributed by atoms with Gasteiger partial charge in [0.1, 0.15) is 18.0 Å². The molecule has 15 nitrogen and oxygen atoms in total. The number of hydrogen-bond acceptors (Lipinski definition) is 11. The van der Waals surface area contributed by atoms with Crippen LogP contribution >= 0.6 is 0 Å². The fourth-order valence-corrected chi connectivity index (χ4v) is 12.4. The molecule has 3 saturated carbocycles. The van der Waals surface area contributed by atoms with Crippen LogP contribution in [0.2, 0.25) is 0 Å². The van der Waals surface area contributed by atoms with Crippen LogP contribution in [0.4, 0.5) is 0 Å². The van der Waals surface area contributed by atoms with Crippen molar-refractivity contribution in [1.29, 1.82) is 0 Å². The van der Waals surface area contributed by atoms with Crippen LogP contribution in [0.15, 0.2) is 60.1 Å². The summed E-state index contributed by atoms with van der Waals surface area (Å²) >= 11 is 0. The summed E-state index contributed by atoms with van der Waals surface area (Å²) in [5, 5.41) is 9.81. The van der Waals surface area contributed by atoms with Crippen LogP contribution < -0.4 is 0 Å². The Balaban J connectivity index is 1.29. The number of phenols is 1. The minimum atomic E-state index is -5.12. The van der Waals surface area contributed by atoms with Gasteiger partial charge in [0.25, 0.3) is 0 Å². The van der Waals surface area contributed by atoms with Crippen molar-refractivity contribution in [3.8, 4) is 17.0 Å². The van der Waals surface area contributed by atoms with E-state index in [0.717, 1.165) is 54.5 Å². The van der Waals surface area contributed by atoms with Crippen LogP contribution in [0.1, 0.15) is 91.5 Å². The first kappa shape index (κ1) is 41.0. The van der Waals surface area contributed by atoms with E-state index in [4.69, 9.17) is 12.5 Å². The van der Waals surface area contributed by atoms with Gasteiger partial charge in [-0.05, 0) is 123 Å². The van der Waals surface area contributed by atoms with Crippen LogP contribution in [0, 0.1) is 34.5 Å². The van der Waals surface area contributed by atoms with E-state index in [2.05, 4.69) is 30.0 Å². The van der Waals surface area contributed by atoms with Crippen LogP contribution in [0.25, 0.3) is 11.3 Å². The van der Waals surface area contributed by atoms with Gasteiger partial charge in [-0.15, -0.1) is 0 Å². The second-order valence-corrected chi connectivity index (χ2v) is 19.4.